The van der Waals surface area contributed by atoms with E-state index in [1.807, 2.05) is 30.3 Å². The minimum Gasteiger partial charge on any atom is -0.279 e. The summed E-state index contributed by atoms with van der Waals surface area (Å²) in [6.07, 6.45) is 0. The molecule has 0 amide bonds. The summed E-state index contributed by atoms with van der Waals surface area (Å²) >= 11 is 5.74. The van der Waals surface area contributed by atoms with E-state index < -0.39 is 0 Å². The predicted molar refractivity (Wildman–Crippen MR) is 69.1 cm³/mol. The molecular formula is C15H9ClO. The van der Waals surface area contributed by atoms with Gasteiger partial charge in [-0.05, 0) is 42.3 Å². The van der Waals surface area contributed by atoms with E-state index in [9.17, 15) is 4.79 Å². The molecular weight excluding hydrogens is 232 g/mol. The van der Waals surface area contributed by atoms with Gasteiger partial charge in [0.05, 0.1) is 0 Å². The van der Waals surface area contributed by atoms with Crippen LogP contribution in [0.5, 0.6) is 0 Å². The number of hydrogen-bond donors (Lipinski definition) is 0. The average molecular weight is 241 g/mol. The first-order valence-corrected chi connectivity index (χ1v) is 5.50. The maximum atomic E-state index is 11.7. The topological polar surface area (TPSA) is 17.1 Å². The van der Waals surface area contributed by atoms with Crippen LogP contribution in [0.15, 0.2) is 54.6 Å². The van der Waals surface area contributed by atoms with E-state index in [-0.39, 0.29) is 5.78 Å². The maximum Gasteiger partial charge on any atom is 0.236 e. The quantitative estimate of drug-likeness (QED) is 0.550. The zero-order valence-corrected chi connectivity index (χ0v) is 9.74. The molecule has 0 N–H and O–H groups in total. The monoisotopic (exact) mass is 240 g/mol. The van der Waals surface area contributed by atoms with Crippen molar-refractivity contribution in [3.05, 3.63) is 70.7 Å². The molecule has 0 saturated heterocycles. The highest BCUT2D eigenvalue weighted by molar-refractivity contribution is 6.30. The van der Waals surface area contributed by atoms with Gasteiger partial charge in [-0.25, -0.2) is 0 Å². The van der Waals surface area contributed by atoms with Gasteiger partial charge in [-0.15, -0.1) is 0 Å². The van der Waals surface area contributed by atoms with Crippen molar-refractivity contribution in [2.24, 2.45) is 0 Å². The van der Waals surface area contributed by atoms with Crippen LogP contribution in [0, 0.1) is 11.8 Å². The largest absolute Gasteiger partial charge is 0.279 e. The summed E-state index contributed by atoms with van der Waals surface area (Å²) in [6, 6.07) is 16.1. The molecule has 2 heteroatoms. The fraction of sp³-hybridized carbons (Fsp3) is 0. The smallest absolute Gasteiger partial charge is 0.236 e. The van der Waals surface area contributed by atoms with Crippen molar-refractivity contribution >= 4 is 17.4 Å². The van der Waals surface area contributed by atoms with E-state index in [1.165, 1.54) is 0 Å². The predicted octanol–water partition coefficient (Wildman–Crippen LogP) is 3.57. The molecule has 0 aromatic heterocycles. The summed E-state index contributed by atoms with van der Waals surface area (Å²) in [5.74, 6) is 5.22. The van der Waals surface area contributed by atoms with Crippen LogP contribution in [0.4, 0.5) is 0 Å². The third-order valence-electron chi connectivity index (χ3n) is 2.20. The molecule has 17 heavy (non-hydrogen) atoms. The molecule has 0 heterocycles. The minimum atomic E-state index is -0.203. The maximum absolute atomic E-state index is 11.7. The van der Waals surface area contributed by atoms with Gasteiger partial charge >= 0.3 is 0 Å². The molecule has 0 spiro atoms. The first-order valence-electron chi connectivity index (χ1n) is 5.13. The van der Waals surface area contributed by atoms with Crippen molar-refractivity contribution < 1.29 is 4.79 Å². The number of halogens is 1. The summed E-state index contributed by atoms with van der Waals surface area (Å²) in [7, 11) is 0. The first-order chi connectivity index (χ1) is 8.25. The Morgan fingerprint density at radius 1 is 0.941 bits per heavy atom. The molecule has 82 valence electrons. The minimum absolute atomic E-state index is 0.203. The molecule has 0 unspecified atom stereocenters. The van der Waals surface area contributed by atoms with E-state index in [2.05, 4.69) is 11.8 Å². The molecule has 0 saturated carbocycles. The summed E-state index contributed by atoms with van der Waals surface area (Å²) in [5.41, 5.74) is 1.38. The van der Waals surface area contributed by atoms with E-state index in [4.69, 9.17) is 11.6 Å². The van der Waals surface area contributed by atoms with Gasteiger partial charge in [0.15, 0.2) is 0 Å². The third kappa shape index (κ3) is 3.21. The van der Waals surface area contributed by atoms with Crippen molar-refractivity contribution in [1.29, 1.82) is 0 Å². The van der Waals surface area contributed by atoms with E-state index in [0.29, 0.717) is 10.6 Å². The second kappa shape index (κ2) is 5.34. The standard InChI is InChI=1S/C15H9ClO/c16-14-9-7-13(8-10-14)15(17)11-6-12-4-2-1-3-5-12/h1-5,7-10H. The Bertz CT molecular complexity index is 574. The van der Waals surface area contributed by atoms with Crippen molar-refractivity contribution in [1.82, 2.24) is 0 Å². The number of hydrogen-bond acceptors (Lipinski definition) is 1. The van der Waals surface area contributed by atoms with Gasteiger partial charge in [0.25, 0.3) is 0 Å². The van der Waals surface area contributed by atoms with Gasteiger partial charge in [0, 0.05) is 16.1 Å². The normalized spacial score (nSPS) is 9.24. The molecule has 2 aromatic carbocycles. The Morgan fingerprint density at radius 3 is 2.24 bits per heavy atom. The number of rotatable bonds is 1. The lowest BCUT2D eigenvalue weighted by atomic mass is 10.1. The van der Waals surface area contributed by atoms with E-state index in [0.717, 1.165) is 5.56 Å². The molecule has 0 aliphatic carbocycles. The highest BCUT2D eigenvalue weighted by Crippen LogP contribution is 2.09. The number of ketones is 1. The van der Waals surface area contributed by atoms with Crippen molar-refractivity contribution in [3.63, 3.8) is 0 Å². The Morgan fingerprint density at radius 2 is 1.59 bits per heavy atom. The first kappa shape index (κ1) is 11.4. The van der Waals surface area contributed by atoms with Crippen LogP contribution in [0.2, 0.25) is 5.02 Å². The summed E-state index contributed by atoms with van der Waals surface area (Å²) in [5, 5.41) is 0.609. The Labute approximate surface area is 105 Å². The van der Waals surface area contributed by atoms with Crippen molar-refractivity contribution in [2.45, 2.75) is 0 Å². The molecule has 0 fully saturated rings. The lowest BCUT2D eigenvalue weighted by Crippen LogP contribution is -1.94. The SMILES string of the molecule is O=C(C#Cc1ccccc1)c1ccc(Cl)cc1. The molecule has 0 aliphatic heterocycles. The molecule has 1 nitrogen and oxygen atoms in total. The Balaban J connectivity index is 2.18. The van der Waals surface area contributed by atoms with E-state index >= 15 is 0 Å². The number of carbonyl (C=O) groups excluding carboxylic acids is 1. The Hall–Kier alpha value is -2.04. The lowest BCUT2D eigenvalue weighted by Gasteiger charge is -1.93. The van der Waals surface area contributed by atoms with Crippen molar-refractivity contribution in [3.8, 4) is 11.8 Å². The summed E-state index contributed by atoms with van der Waals surface area (Å²) in [4.78, 5) is 11.7. The van der Waals surface area contributed by atoms with Crippen LogP contribution in [-0.2, 0) is 0 Å². The van der Waals surface area contributed by atoms with Gasteiger partial charge in [0.1, 0.15) is 0 Å². The van der Waals surface area contributed by atoms with Crippen LogP contribution in [0.1, 0.15) is 15.9 Å². The van der Waals surface area contributed by atoms with Gasteiger partial charge in [-0.3, -0.25) is 4.79 Å². The number of benzene rings is 2. The summed E-state index contributed by atoms with van der Waals surface area (Å²) < 4.78 is 0. The van der Waals surface area contributed by atoms with Gasteiger partial charge in [-0.2, -0.15) is 0 Å². The third-order valence-corrected chi connectivity index (χ3v) is 2.45. The zero-order valence-electron chi connectivity index (χ0n) is 8.98. The van der Waals surface area contributed by atoms with Gasteiger partial charge in [0.2, 0.25) is 5.78 Å². The van der Waals surface area contributed by atoms with Crippen molar-refractivity contribution in [2.75, 3.05) is 0 Å². The second-order valence-corrected chi connectivity index (χ2v) is 3.89. The van der Waals surface area contributed by atoms with E-state index in [1.54, 1.807) is 24.3 Å². The number of carbonyl (C=O) groups is 1. The Kier molecular flexibility index (Phi) is 3.59. The number of Topliss-reactive ketones (excluding diaryl/α,β-unsaturated/α-hetero) is 1. The molecule has 2 rings (SSSR count). The van der Waals surface area contributed by atoms with Crippen LogP contribution in [-0.4, -0.2) is 5.78 Å². The van der Waals surface area contributed by atoms with Crippen LogP contribution in [0.3, 0.4) is 0 Å². The summed E-state index contributed by atoms with van der Waals surface area (Å²) in [6.45, 7) is 0. The van der Waals surface area contributed by atoms with Crippen LogP contribution in [0.25, 0.3) is 0 Å². The molecule has 0 atom stereocenters. The average Bonchev–Trinajstić information content (AvgIpc) is 2.38. The highest BCUT2D eigenvalue weighted by Gasteiger charge is 2.00. The van der Waals surface area contributed by atoms with Crippen LogP contribution < -0.4 is 0 Å². The van der Waals surface area contributed by atoms with Crippen LogP contribution >= 0.6 is 11.6 Å². The fourth-order valence-corrected chi connectivity index (χ4v) is 1.45. The lowest BCUT2D eigenvalue weighted by molar-refractivity contribution is 0.105. The second-order valence-electron chi connectivity index (χ2n) is 3.45. The zero-order chi connectivity index (χ0) is 12.1. The molecule has 0 radical (unpaired) electrons. The molecule has 0 aliphatic rings. The molecule has 2 aromatic rings. The van der Waals surface area contributed by atoms with Gasteiger partial charge in [-0.1, -0.05) is 35.7 Å². The molecule has 0 bridgehead atoms. The highest BCUT2D eigenvalue weighted by atomic mass is 35.5. The van der Waals surface area contributed by atoms with Gasteiger partial charge < -0.3 is 0 Å². The fourth-order valence-electron chi connectivity index (χ4n) is 1.32.